The number of imidazole rings is 1. The van der Waals surface area contributed by atoms with Gasteiger partial charge in [-0.1, -0.05) is 24.5 Å². The molecule has 0 unspecified atom stereocenters. The smallest absolute Gasteiger partial charge is 0.332 e. The number of likely N-dealkylation sites (N-methyl/N-ethyl adjacent to an activating group) is 1. The molecular weight excluding hydrogens is 344 g/mol. The van der Waals surface area contributed by atoms with Crippen LogP contribution in [0.5, 0.6) is 0 Å². The van der Waals surface area contributed by atoms with Crippen LogP contribution >= 0.6 is 0 Å². The van der Waals surface area contributed by atoms with Gasteiger partial charge in [0.25, 0.3) is 5.56 Å². The van der Waals surface area contributed by atoms with E-state index >= 15 is 0 Å². The molecule has 0 aliphatic heterocycles. The standard InChI is InChI=1S/C19H30N6O2/c1-12(2)10-11-25-15-16(23(4)19(27)24(5)17(15)26)21-18(25)22(3)14-9-7-6-8-13(14)20/h10,13-14H,6-9,11,20H2,1-5H3/t13-,14+/m0/s1. The second-order valence-corrected chi connectivity index (χ2v) is 7.81. The maximum absolute atomic E-state index is 12.9. The lowest BCUT2D eigenvalue weighted by molar-refractivity contribution is 0.369. The van der Waals surface area contributed by atoms with Gasteiger partial charge in [-0.25, -0.2) is 4.79 Å². The van der Waals surface area contributed by atoms with Gasteiger partial charge in [-0.3, -0.25) is 13.9 Å². The fraction of sp³-hybridized carbons (Fsp3) is 0.632. The molecule has 2 aromatic rings. The SMILES string of the molecule is CC(C)=CCn1c(N(C)[C@@H]2CCCC[C@@H]2N)nc2c1c(=O)n(C)c(=O)n2C. The molecule has 8 nitrogen and oxygen atoms in total. The maximum atomic E-state index is 12.9. The molecule has 2 aromatic heterocycles. The molecule has 1 aliphatic carbocycles. The Kier molecular flexibility index (Phi) is 5.28. The number of nitrogens with two attached hydrogens (primary N) is 1. The van der Waals surface area contributed by atoms with Crippen molar-refractivity contribution < 1.29 is 0 Å². The zero-order valence-electron chi connectivity index (χ0n) is 16.9. The fourth-order valence-electron chi connectivity index (χ4n) is 3.92. The van der Waals surface area contributed by atoms with Crippen molar-refractivity contribution in [3.8, 4) is 0 Å². The zero-order chi connectivity index (χ0) is 19.9. The Balaban J connectivity index is 2.25. The molecule has 2 N–H and O–H groups in total. The Bertz CT molecular complexity index is 992. The first kappa shape index (κ1) is 19.4. The number of anilines is 1. The van der Waals surface area contributed by atoms with Gasteiger partial charge in [0.2, 0.25) is 5.95 Å². The van der Waals surface area contributed by atoms with Crippen LogP contribution in [0.1, 0.15) is 39.5 Å². The van der Waals surface area contributed by atoms with Crippen LogP contribution in [0.15, 0.2) is 21.2 Å². The molecule has 0 spiro atoms. The molecule has 148 valence electrons. The van der Waals surface area contributed by atoms with Crippen LogP contribution in [-0.2, 0) is 20.6 Å². The summed E-state index contributed by atoms with van der Waals surface area (Å²) in [6.45, 7) is 4.56. The first-order valence-corrected chi connectivity index (χ1v) is 9.52. The summed E-state index contributed by atoms with van der Waals surface area (Å²) < 4.78 is 4.48. The molecule has 0 radical (unpaired) electrons. The van der Waals surface area contributed by atoms with E-state index in [4.69, 9.17) is 10.7 Å². The highest BCUT2D eigenvalue weighted by Gasteiger charge is 2.29. The molecular formula is C19H30N6O2. The van der Waals surface area contributed by atoms with Crippen molar-refractivity contribution in [1.82, 2.24) is 18.7 Å². The van der Waals surface area contributed by atoms with Crippen LogP contribution in [0, 0.1) is 0 Å². The predicted octanol–water partition coefficient (Wildman–Crippen LogP) is 1.11. The molecule has 3 rings (SSSR count). The van der Waals surface area contributed by atoms with Crippen LogP contribution in [0.2, 0.25) is 0 Å². The lowest BCUT2D eigenvalue weighted by Gasteiger charge is -2.36. The average molecular weight is 374 g/mol. The molecule has 0 amide bonds. The molecule has 8 heteroatoms. The number of rotatable bonds is 4. The summed E-state index contributed by atoms with van der Waals surface area (Å²) >= 11 is 0. The van der Waals surface area contributed by atoms with E-state index in [9.17, 15) is 9.59 Å². The van der Waals surface area contributed by atoms with Gasteiger partial charge in [0.15, 0.2) is 11.2 Å². The first-order valence-electron chi connectivity index (χ1n) is 9.52. The van der Waals surface area contributed by atoms with Gasteiger partial charge in [0.1, 0.15) is 0 Å². The normalized spacial score (nSPS) is 20.1. The molecule has 1 saturated carbocycles. The minimum atomic E-state index is -0.372. The lowest BCUT2D eigenvalue weighted by Crippen LogP contribution is -2.49. The van der Waals surface area contributed by atoms with Crippen molar-refractivity contribution in [3.63, 3.8) is 0 Å². The molecule has 27 heavy (non-hydrogen) atoms. The summed E-state index contributed by atoms with van der Waals surface area (Å²) in [6.07, 6.45) is 6.33. The van der Waals surface area contributed by atoms with E-state index in [1.54, 1.807) is 7.05 Å². The van der Waals surface area contributed by atoms with E-state index in [-0.39, 0.29) is 23.3 Å². The van der Waals surface area contributed by atoms with E-state index in [1.165, 1.54) is 11.6 Å². The Morgan fingerprint density at radius 3 is 2.52 bits per heavy atom. The molecule has 1 fully saturated rings. The summed E-state index contributed by atoms with van der Waals surface area (Å²) in [5.74, 6) is 0.683. The number of aryl methyl sites for hydroxylation is 1. The van der Waals surface area contributed by atoms with Crippen LogP contribution in [0.25, 0.3) is 11.2 Å². The monoisotopic (exact) mass is 374 g/mol. The Morgan fingerprint density at radius 2 is 1.89 bits per heavy atom. The van der Waals surface area contributed by atoms with Gasteiger partial charge in [-0.05, 0) is 26.7 Å². The third kappa shape index (κ3) is 3.34. The van der Waals surface area contributed by atoms with Gasteiger partial charge >= 0.3 is 5.69 Å². The van der Waals surface area contributed by atoms with Gasteiger partial charge in [-0.2, -0.15) is 4.98 Å². The highest BCUT2D eigenvalue weighted by Crippen LogP contribution is 2.27. The van der Waals surface area contributed by atoms with Crippen molar-refractivity contribution in [3.05, 3.63) is 32.5 Å². The summed E-state index contributed by atoms with van der Waals surface area (Å²) in [7, 11) is 5.14. The number of hydrogen-bond acceptors (Lipinski definition) is 5. The van der Waals surface area contributed by atoms with Crippen molar-refractivity contribution in [1.29, 1.82) is 0 Å². The zero-order valence-corrected chi connectivity index (χ0v) is 16.9. The molecule has 0 bridgehead atoms. The number of hydrogen-bond donors (Lipinski definition) is 1. The molecule has 0 saturated heterocycles. The van der Waals surface area contributed by atoms with Crippen molar-refractivity contribution in [2.75, 3.05) is 11.9 Å². The van der Waals surface area contributed by atoms with Crippen LogP contribution < -0.4 is 21.9 Å². The fourth-order valence-corrected chi connectivity index (χ4v) is 3.92. The predicted molar refractivity (Wildman–Crippen MR) is 108 cm³/mol. The third-order valence-electron chi connectivity index (χ3n) is 5.60. The van der Waals surface area contributed by atoms with E-state index in [0.717, 1.165) is 35.8 Å². The minimum absolute atomic E-state index is 0.0760. The van der Waals surface area contributed by atoms with Crippen molar-refractivity contribution >= 4 is 17.1 Å². The van der Waals surface area contributed by atoms with Gasteiger partial charge in [-0.15, -0.1) is 0 Å². The average Bonchev–Trinajstić information content (AvgIpc) is 3.02. The number of aromatic nitrogens is 4. The Hall–Kier alpha value is -2.35. The maximum Gasteiger partial charge on any atom is 0.332 e. The van der Waals surface area contributed by atoms with Crippen molar-refractivity contribution in [2.24, 2.45) is 19.8 Å². The number of fused-ring (bicyclic) bond motifs is 1. The first-order chi connectivity index (χ1) is 12.7. The molecule has 2 heterocycles. The Morgan fingerprint density at radius 1 is 1.22 bits per heavy atom. The second-order valence-electron chi connectivity index (χ2n) is 7.81. The lowest BCUT2D eigenvalue weighted by atomic mass is 9.90. The molecule has 2 atom stereocenters. The van der Waals surface area contributed by atoms with E-state index in [1.807, 2.05) is 25.5 Å². The van der Waals surface area contributed by atoms with E-state index in [2.05, 4.69) is 11.0 Å². The topological polar surface area (TPSA) is 91.1 Å². The van der Waals surface area contributed by atoms with Crippen LogP contribution in [0.3, 0.4) is 0 Å². The number of allylic oxidation sites excluding steroid dienone is 2. The molecule has 1 aliphatic rings. The largest absolute Gasteiger partial charge is 0.341 e. The summed E-state index contributed by atoms with van der Waals surface area (Å²) in [4.78, 5) is 32.0. The third-order valence-corrected chi connectivity index (χ3v) is 5.60. The summed E-state index contributed by atoms with van der Waals surface area (Å²) in [5.41, 5.74) is 7.70. The van der Waals surface area contributed by atoms with Crippen LogP contribution in [0.4, 0.5) is 5.95 Å². The quantitative estimate of drug-likeness (QED) is 0.810. The highest BCUT2D eigenvalue weighted by molar-refractivity contribution is 5.74. The Labute approximate surface area is 158 Å². The number of nitrogens with zero attached hydrogens (tertiary/aromatic N) is 5. The summed E-state index contributed by atoms with van der Waals surface area (Å²) in [6, 6.07) is 0.244. The van der Waals surface area contributed by atoms with E-state index in [0.29, 0.717) is 23.7 Å². The minimum Gasteiger partial charge on any atom is -0.341 e. The molecule has 0 aromatic carbocycles. The van der Waals surface area contributed by atoms with Gasteiger partial charge in [0.05, 0.1) is 0 Å². The van der Waals surface area contributed by atoms with Crippen LogP contribution in [-0.4, -0.2) is 37.8 Å². The van der Waals surface area contributed by atoms with Crippen molar-refractivity contribution in [2.45, 2.75) is 58.2 Å². The van der Waals surface area contributed by atoms with Gasteiger partial charge in [0, 0.05) is 39.8 Å². The highest BCUT2D eigenvalue weighted by atomic mass is 16.2. The van der Waals surface area contributed by atoms with Gasteiger partial charge < -0.3 is 15.2 Å². The second kappa shape index (κ2) is 7.34. The summed E-state index contributed by atoms with van der Waals surface area (Å²) in [5, 5.41) is 0. The van der Waals surface area contributed by atoms with E-state index < -0.39 is 0 Å².